The second-order valence-electron chi connectivity index (χ2n) is 6.13. The van der Waals surface area contributed by atoms with Gasteiger partial charge >= 0.3 is 0 Å². The van der Waals surface area contributed by atoms with E-state index >= 15 is 0 Å². The van der Waals surface area contributed by atoms with E-state index in [0.717, 1.165) is 14.8 Å². The summed E-state index contributed by atoms with van der Waals surface area (Å²) in [4.78, 5) is 22.7. The molecule has 29 heavy (non-hydrogen) atoms. The Morgan fingerprint density at radius 1 is 1.21 bits per heavy atom. The van der Waals surface area contributed by atoms with Crippen molar-refractivity contribution in [3.63, 3.8) is 0 Å². The normalized spacial score (nSPS) is 10.8. The van der Waals surface area contributed by atoms with Crippen LogP contribution in [-0.2, 0) is 4.79 Å². The van der Waals surface area contributed by atoms with Crippen LogP contribution in [0.1, 0.15) is 11.3 Å². The van der Waals surface area contributed by atoms with Crippen LogP contribution in [0.4, 0.5) is 11.4 Å². The van der Waals surface area contributed by atoms with Crippen molar-refractivity contribution in [1.82, 2.24) is 5.43 Å². The average molecular weight is 504 g/mol. The number of hydrogen-bond acceptors (Lipinski definition) is 6. The lowest BCUT2D eigenvalue weighted by Crippen LogP contribution is -2.25. The zero-order valence-electron chi connectivity index (χ0n) is 15.4. The number of furan rings is 1. The van der Waals surface area contributed by atoms with Crippen LogP contribution in [0.5, 0.6) is 0 Å². The summed E-state index contributed by atoms with van der Waals surface area (Å²) < 4.78 is 6.71. The molecule has 1 heterocycles. The van der Waals surface area contributed by atoms with Gasteiger partial charge in [-0.2, -0.15) is 5.10 Å². The van der Waals surface area contributed by atoms with Gasteiger partial charge in [0.15, 0.2) is 0 Å². The van der Waals surface area contributed by atoms with Crippen LogP contribution in [-0.4, -0.2) is 23.6 Å². The van der Waals surface area contributed by atoms with Crippen molar-refractivity contribution in [2.75, 3.05) is 11.9 Å². The molecule has 0 bridgehead atoms. The standard InChI is InChI=1S/C20H17IN4O4/c1-13-2-8-17(18(10-13)25(27)28)19-9-7-16(29-19)11-23-24-20(26)12-22-15-5-3-14(21)4-6-15/h2-11,22H,12H2,1H3,(H,24,26). The number of anilines is 1. The number of rotatable bonds is 7. The van der Waals surface area contributed by atoms with Crippen molar-refractivity contribution in [3.05, 3.63) is 79.6 Å². The van der Waals surface area contributed by atoms with E-state index in [2.05, 4.69) is 38.4 Å². The van der Waals surface area contributed by atoms with Gasteiger partial charge in [-0.05, 0) is 77.5 Å². The lowest BCUT2D eigenvalue weighted by Gasteiger charge is -2.04. The molecule has 2 N–H and O–H groups in total. The summed E-state index contributed by atoms with van der Waals surface area (Å²) >= 11 is 2.21. The van der Waals surface area contributed by atoms with Crippen LogP contribution in [0.25, 0.3) is 11.3 Å². The molecule has 0 saturated carbocycles. The van der Waals surface area contributed by atoms with E-state index in [0.29, 0.717) is 17.1 Å². The first-order chi connectivity index (χ1) is 13.9. The van der Waals surface area contributed by atoms with Crippen molar-refractivity contribution in [1.29, 1.82) is 0 Å². The van der Waals surface area contributed by atoms with E-state index in [1.807, 2.05) is 24.3 Å². The highest BCUT2D eigenvalue weighted by molar-refractivity contribution is 14.1. The first-order valence-electron chi connectivity index (χ1n) is 8.59. The summed E-state index contributed by atoms with van der Waals surface area (Å²) in [5.41, 5.74) is 4.37. The number of aryl methyl sites for hydroxylation is 1. The summed E-state index contributed by atoms with van der Waals surface area (Å²) in [5.74, 6) is 0.395. The number of hydrogen-bond donors (Lipinski definition) is 2. The van der Waals surface area contributed by atoms with Crippen LogP contribution in [0, 0.1) is 20.6 Å². The first-order valence-corrected chi connectivity index (χ1v) is 9.67. The second kappa shape index (κ2) is 9.32. The zero-order valence-corrected chi connectivity index (χ0v) is 17.5. The predicted octanol–water partition coefficient (Wildman–Crippen LogP) is 4.33. The molecule has 0 saturated heterocycles. The Bertz CT molecular complexity index is 1060. The number of nitrogens with one attached hydrogen (secondary N) is 2. The summed E-state index contributed by atoms with van der Waals surface area (Å²) in [6, 6.07) is 15.8. The third kappa shape index (κ3) is 5.64. The smallest absolute Gasteiger partial charge is 0.280 e. The minimum absolute atomic E-state index is 0.0298. The predicted molar refractivity (Wildman–Crippen MR) is 119 cm³/mol. The molecular formula is C20H17IN4O4. The molecule has 0 aliphatic carbocycles. The number of benzene rings is 2. The molecule has 1 aromatic heterocycles. The molecule has 3 aromatic rings. The van der Waals surface area contributed by atoms with Crippen molar-refractivity contribution in [3.8, 4) is 11.3 Å². The van der Waals surface area contributed by atoms with E-state index in [1.165, 1.54) is 12.3 Å². The van der Waals surface area contributed by atoms with Gasteiger partial charge in [-0.15, -0.1) is 0 Å². The fourth-order valence-electron chi connectivity index (χ4n) is 2.53. The second-order valence-corrected chi connectivity index (χ2v) is 7.38. The van der Waals surface area contributed by atoms with Crippen molar-refractivity contribution >= 4 is 46.1 Å². The zero-order chi connectivity index (χ0) is 20.8. The summed E-state index contributed by atoms with van der Waals surface area (Å²) in [7, 11) is 0. The van der Waals surface area contributed by atoms with Crippen LogP contribution in [0.3, 0.4) is 0 Å². The fraction of sp³-hybridized carbons (Fsp3) is 0.100. The van der Waals surface area contributed by atoms with E-state index in [1.54, 1.807) is 31.2 Å². The molecule has 2 aromatic carbocycles. The van der Waals surface area contributed by atoms with Crippen LogP contribution < -0.4 is 10.7 Å². The Kier molecular flexibility index (Phi) is 6.60. The Hall–Kier alpha value is -3.21. The highest BCUT2D eigenvalue weighted by Gasteiger charge is 2.18. The van der Waals surface area contributed by atoms with Gasteiger partial charge in [-0.1, -0.05) is 6.07 Å². The molecule has 0 spiro atoms. The topological polar surface area (TPSA) is 110 Å². The minimum Gasteiger partial charge on any atom is -0.455 e. The molecule has 0 aliphatic rings. The molecule has 1 amide bonds. The number of hydrazone groups is 1. The lowest BCUT2D eigenvalue weighted by molar-refractivity contribution is -0.384. The molecule has 8 nitrogen and oxygen atoms in total. The maximum Gasteiger partial charge on any atom is 0.280 e. The SMILES string of the molecule is Cc1ccc(-c2ccc(C=NNC(=O)CNc3ccc(I)cc3)o2)c([N+](=O)[O-])c1. The third-order valence-electron chi connectivity index (χ3n) is 3.92. The van der Waals surface area contributed by atoms with Crippen LogP contribution in [0.2, 0.25) is 0 Å². The molecule has 3 rings (SSSR count). The number of nitrogens with zero attached hydrogens (tertiary/aromatic N) is 2. The summed E-state index contributed by atoms with van der Waals surface area (Å²) in [6.07, 6.45) is 1.34. The number of nitro groups is 1. The molecule has 9 heteroatoms. The van der Waals surface area contributed by atoms with Gasteiger partial charge in [0.05, 0.1) is 23.2 Å². The van der Waals surface area contributed by atoms with Gasteiger partial charge in [-0.3, -0.25) is 14.9 Å². The molecule has 0 aliphatic heterocycles. The first kappa shape index (κ1) is 20.5. The van der Waals surface area contributed by atoms with E-state index < -0.39 is 4.92 Å². The average Bonchev–Trinajstić information content (AvgIpc) is 3.16. The molecular weight excluding hydrogens is 487 g/mol. The molecule has 0 unspecified atom stereocenters. The van der Waals surface area contributed by atoms with Crippen molar-refractivity contribution in [2.45, 2.75) is 6.92 Å². The quantitative estimate of drug-likeness (QED) is 0.216. The van der Waals surface area contributed by atoms with E-state index in [9.17, 15) is 14.9 Å². The molecule has 0 radical (unpaired) electrons. The molecule has 0 fully saturated rings. The summed E-state index contributed by atoms with van der Waals surface area (Å²) in [6.45, 7) is 1.85. The Morgan fingerprint density at radius 3 is 2.69 bits per heavy atom. The minimum atomic E-state index is -0.445. The van der Waals surface area contributed by atoms with Gasteiger partial charge in [-0.25, -0.2) is 5.43 Å². The highest BCUT2D eigenvalue weighted by atomic mass is 127. The van der Waals surface area contributed by atoms with Crippen molar-refractivity contribution in [2.24, 2.45) is 5.10 Å². The van der Waals surface area contributed by atoms with Crippen LogP contribution >= 0.6 is 22.6 Å². The molecule has 148 valence electrons. The van der Waals surface area contributed by atoms with E-state index in [-0.39, 0.29) is 18.1 Å². The number of halogens is 1. The van der Waals surface area contributed by atoms with E-state index in [4.69, 9.17) is 4.42 Å². The van der Waals surface area contributed by atoms with Gasteiger partial charge in [0.2, 0.25) is 0 Å². The third-order valence-corrected chi connectivity index (χ3v) is 4.64. The Labute approximate surface area is 180 Å². The molecule has 0 atom stereocenters. The maximum absolute atomic E-state index is 11.9. The number of nitro benzene ring substituents is 1. The number of carbonyl (C=O) groups is 1. The number of carbonyl (C=O) groups excluding carboxylic acids is 1. The monoisotopic (exact) mass is 504 g/mol. The maximum atomic E-state index is 11.9. The highest BCUT2D eigenvalue weighted by Crippen LogP contribution is 2.31. The summed E-state index contributed by atoms with van der Waals surface area (Å²) in [5, 5.41) is 18.1. The van der Waals surface area contributed by atoms with Gasteiger partial charge in [0.1, 0.15) is 11.5 Å². The fourth-order valence-corrected chi connectivity index (χ4v) is 2.89. The van der Waals surface area contributed by atoms with Gasteiger partial charge in [0, 0.05) is 15.3 Å². The van der Waals surface area contributed by atoms with Gasteiger partial charge in [0.25, 0.3) is 11.6 Å². The number of amides is 1. The lowest BCUT2D eigenvalue weighted by atomic mass is 10.1. The van der Waals surface area contributed by atoms with Gasteiger partial charge < -0.3 is 9.73 Å². The Balaban J connectivity index is 1.59. The van der Waals surface area contributed by atoms with Crippen molar-refractivity contribution < 1.29 is 14.1 Å². The van der Waals surface area contributed by atoms with Crippen LogP contribution in [0.15, 0.2) is 64.1 Å². The largest absolute Gasteiger partial charge is 0.455 e. The Morgan fingerprint density at radius 2 is 1.97 bits per heavy atom.